The first-order valence-corrected chi connectivity index (χ1v) is 6.47. The van der Waals surface area contributed by atoms with Gasteiger partial charge in [-0.1, -0.05) is 32.3 Å². The minimum absolute atomic E-state index is 0.187. The van der Waals surface area contributed by atoms with Gasteiger partial charge in [0.1, 0.15) is 6.61 Å². The van der Waals surface area contributed by atoms with Gasteiger partial charge in [-0.05, 0) is 37.2 Å². The molecule has 1 rings (SSSR count). The number of rotatable bonds is 4. The Morgan fingerprint density at radius 1 is 1.56 bits per heavy atom. The van der Waals surface area contributed by atoms with Crippen molar-refractivity contribution in [3.63, 3.8) is 0 Å². The molecule has 16 heavy (non-hydrogen) atoms. The molecule has 0 radical (unpaired) electrons. The van der Waals surface area contributed by atoms with Gasteiger partial charge in [0, 0.05) is 6.92 Å². The summed E-state index contributed by atoms with van der Waals surface area (Å²) in [7, 11) is 0. The summed E-state index contributed by atoms with van der Waals surface area (Å²) >= 11 is 0. The molecule has 0 heterocycles. The second kappa shape index (κ2) is 6.72. The molecule has 0 aromatic rings. The quantitative estimate of drug-likeness (QED) is 0.537. The Hall–Kier alpha value is -0.790. The van der Waals surface area contributed by atoms with Crippen LogP contribution in [0, 0.1) is 11.8 Å². The number of hydrogen-bond acceptors (Lipinski definition) is 2. The van der Waals surface area contributed by atoms with Gasteiger partial charge in [-0.25, -0.2) is 0 Å². The average molecular weight is 224 g/mol. The fourth-order valence-corrected chi connectivity index (χ4v) is 2.52. The summed E-state index contributed by atoms with van der Waals surface area (Å²) in [6.45, 7) is 6.50. The number of esters is 1. The SMILES string of the molecule is CCC(C)C1CCCCC1=CCOC(C)=O. The second-order valence-corrected chi connectivity index (χ2v) is 4.82. The minimum Gasteiger partial charge on any atom is -0.462 e. The Kier molecular flexibility index (Phi) is 5.58. The molecule has 1 aliphatic carbocycles. The standard InChI is InChI=1S/C14H24O2/c1-4-11(2)14-8-6-5-7-13(14)9-10-16-12(3)15/h9,11,14H,4-8,10H2,1-3H3. The van der Waals surface area contributed by atoms with Crippen LogP contribution in [0.25, 0.3) is 0 Å². The van der Waals surface area contributed by atoms with Gasteiger partial charge in [-0.3, -0.25) is 4.79 Å². The number of allylic oxidation sites excluding steroid dienone is 1. The zero-order chi connectivity index (χ0) is 12.0. The van der Waals surface area contributed by atoms with E-state index >= 15 is 0 Å². The van der Waals surface area contributed by atoms with Crippen LogP contribution < -0.4 is 0 Å². The third-order valence-electron chi connectivity index (χ3n) is 3.67. The van der Waals surface area contributed by atoms with E-state index in [0.717, 1.165) is 5.92 Å². The molecule has 1 aliphatic rings. The third kappa shape index (κ3) is 3.99. The molecule has 0 N–H and O–H groups in total. The van der Waals surface area contributed by atoms with E-state index in [9.17, 15) is 4.79 Å². The topological polar surface area (TPSA) is 26.3 Å². The van der Waals surface area contributed by atoms with Crippen molar-refractivity contribution in [3.05, 3.63) is 11.6 Å². The van der Waals surface area contributed by atoms with Gasteiger partial charge in [0.05, 0.1) is 0 Å². The normalized spacial score (nSPS) is 25.4. The monoisotopic (exact) mass is 224 g/mol. The van der Waals surface area contributed by atoms with Crippen molar-refractivity contribution in [3.8, 4) is 0 Å². The Balaban J connectivity index is 2.55. The average Bonchev–Trinajstić information content (AvgIpc) is 2.28. The summed E-state index contributed by atoms with van der Waals surface area (Å²) in [6.07, 6.45) is 8.50. The summed E-state index contributed by atoms with van der Waals surface area (Å²) in [5, 5.41) is 0. The van der Waals surface area contributed by atoms with Crippen LogP contribution in [-0.2, 0) is 9.53 Å². The van der Waals surface area contributed by atoms with E-state index < -0.39 is 0 Å². The Labute approximate surface area is 99.1 Å². The van der Waals surface area contributed by atoms with Crippen LogP contribution in [0.2, 0.25) is 0 Å². The molecule has 2 unspecified atom stereocenters. The zero-order valence-corrected chi connectivity index (χ0v) is 10.8. The van der Waals surface area contributed by atoms with Crippen LogP contribution in [-0.4, -0.2) is 12.6 Å². The molecular formula is C14H24O2. The lowest BCUT2D eigenvalue weighted by Gasteiger charge is -2.30. The molecule has 1 saturated carbocycles. The third-order valence-corrected chi connectivity index (χ3v) is 3.67. The fourth-order valence-electron chi connectivity index (χ4n) is 2.52. The van der Waals surface area contributed by atoms with Crippen LogP contribution in [0.3, 0.4) is 0 Å². The maximum Gasteiger partial charge on any atom is 0.302 e. The van der Waals surface area contributed by atoms with Gasteiger partial charge in [0.25, 0.3) is 0 Å². The van der Waals surface area contributed by atoms with Crippen molar-refractivity contribution in [2.24, 2.45) is 11.8 Å². The molecule has 0 aromatic heterocycles. The molecule has 0 aliphatic heterocycles. The van der Waals surface area contributed by atoms with Gasteiger partial charge >= 0.3 is 5.97 Å². The van der Waals surface area contributed by atoms with Gasteiger partial charge in [0.15, 0.2) is 0 Å². The molecule has 0 aromatic carbocycles. The predicted molar refractivity (Wildman–Crippen MR) is 66.1 cm³/mol. The highest BCUT2D eigenvalue weighted by Crippen LogP contribution is 2.35. The maximum atomic E-state index is 10.7. The largest absolute Gasteiger partial charge is 0.462 e. The highest BCUT2D eigenvalue weighted by Gasteiger charge is 2.22. The molecule has 0 amide bonds. The van der Waals surface area contributed by atoms with Crippen molar-refractivity contribution < 1.29 is 9.53 Å². The second-order valence-electron chi connectivity index (χ2n) is 4.82. The number of ether oxygens (including phenoxy) is 1. The molecule has 2 atom stereocenters. The summed E-state index contributed by atoms with van der Waals surface area (Å²) in [5.74, 6) is 1.28. The first-order valence-electron chi connectivity index (χ1n) is 6.47. The maximum absolute atomic E-state index is 10.7. The van der Waals surface area contributed by atoms with Crippen LogP contribution >= 0.6 is 0 Å². The van der Waals surface area contributed by atoms with E-state index in [0.29, 0.717) is 12.5 Å². The minimum atomic E-state index is -0.187. The van der Waals surface area contributed by atoms with Gasteiger partial charge in [-0.2, -0.15) is 0 Å². The molecule has 2 nitrogen and oxygen atoms in total. The van der Waals surface area contributed by atoms with Crippen molar-refractivity contribution in [1.82, 2.24) is 0 Å². The molecule has 2 heteroatoms. The smallest absolute Gasteiger partial charge is 0.302 e. The Morgan fingerprint density at radius 2 is 2.31 bits per heavy atom. The fraction of sp³-hybridized carbons (Fsp3) is 0.786. The molecule has 1 fully saturated rings. The highest BCUT2D eigenvalue weighted by atomic mass is 16.5. The van der Waals surface area contributed by atoms with Crippen molar-refractivity contribution in [2.45, 2.75) is 52.9 Å². The van der Waals surface area contributed by atoms with Crippen LogP contribution in [0.15, 0.2) is 11.6 Å². The van der Waals surface area contributed by atoms with E-state index in [2.05, 4.69) is 19.9 Å². The lowest BCUT2D eigenvalue weighted by Crippen LogP contribution is -2.18. The van der Waals surface area contributed by atoms with E-state index in [-0.39, 0.29) is 5.97 Å². The highest BCUT2D eigenvalue weighted by molar-refractivity contribution is 5.66. The van der Waals surface area contributed by atoms with E-state index in [4.69, 9.17) is 4.74 Å². The molecule has 0 saturated heterocycles. The van der Waals surface area contributed by atoms with Gasteiger partial charge in [-0.15, -0.1) is 0 Å². The van der Waals surface area contributed by atoms with E-state index in [1.165, 1.54) is 44.6 Å². The van der Waals surface area contributed by atoms with Gasteiger partial charge < -0.3 is 4.74 Å². The van der Waals surface area contributed by atoms with Crippen molar-refractivity contribution >= 4 is 5.97 Å². The lowest BCUT2D eigenvalue weighted by atomic mass is 9.76. The molecule has 0 spiro atoms. The first-order chi connectivity index (χ1) is 7.65. The first kappa shape index (κ1) is 13.3. The molecule has 0 bridgehead atoms. The predicted octanol–water partition coefficient (Wildman–Crippen LogP) is 3.71. The molecule has 92 valence electrons. The number of hydrogen-bond donors (Lipinski definition) is 0. The number of carbonyl (C=O) groups excluding carboxylic acids is 1. The lowest BCUT2D eigenvalue weighted by molar-refractivity contribution is -0.139. The number of carbonyl (C=O) groups is 1. The van der Waals surface area contributed by atoms with Crippen LogP contribution in [0.4, 0.5) is 0 Å². The van der Waals surface area contributed by atoms with Crippen molar-refractivity contribution in [2.75, 3.05) is 6.61 Å². The van der Waals surface area contributed by atoms with E-state index in [1.54, 1.807) is 0 Å². The molecular weight excluding hydrogens is 200 g/mol. The van der Waals surface area contributed by atoms with Crippen LogP contribution in [0.5, 0.6) is 0 Å². The summed E-state index contributed by atoms with van der Waals surface area (Å²) < 4.78 is 4.99. The summed E-state index contributed by atoms with van der Waals surface area (Å²) in [5.41, 5.74) is 1.52. The van der Waals surface area contributed by atoms with E-state index in [1.807, 2.05) is 0 Å². The Bertz CT molecular complexity index is 255. The summed E-state index contributed by atoms with van der Waals surface area (Å²) in [6, 6.07) is 0. The van der Waals surface area contributed by atoms with Gasteiger partial charge in [0.2, 0.25) is 0 Å². The van der Waals surface area contributed by atoms with Crippen molar-refractivity contribution in [1.29, 1.82) is 0 Å². The van der Waals surface area contributed by atoms with Crippen LogP contribution in [0.1, 0.15) is 52.9 Å². The summed E-state index contributed by atoms with van der Waals surface area (Å²) in [4.78, 5) is 10.7. The zero-order valence-electron chi connectivity index (χ0n) is 10.8. The Morgan fingerprint density at radius 3 is 2.94 bits per heavy atom.